The van der Waals surface area contributed by atoms with Crippen molar-refractivity contribution in [2.75, 3.05) is 5.32 Å². The molecule has 0 aliphatic rings. The summed E-state index contributed by atoms with van der Waals surface area (Å²) in [5.41, 5.74) is 4.95. The van der Waals surface area contributed by atoms with Gasteiger partial charge in [0.05, 0.1) is 5.52 Å². The number of aromatic nitrogens is 1. The van der Waals surface area contributed by atoms with E-state index >= 15 is 0 Å². The van der Waals surface area contributed by atoms with Crippen LogP contribution in [0.3, 0.4) is 0 Å². The second-order valence-electron chi connectivity index (χ2n) is 5.27. The fraction of sp³-hybridized carbons (Fsp3) is 0.167. The van der Waals surface area contributed by atoms with E-state index in [-0.39, 0.29) is 5.82 Å². The van der Waals surface area contributed by atoms with Crippen molar-refractivity contribution in [1.82, 2.24) is 4.98 Å². The van der Waals surface area contributed by atoms with E-state index in [4.69, 9.17) is 0 Å². The van der Waals surface area contributed by atoms with Gasteiger partial charge in [-0.2, -0.15) is 0 Å². The molecule has 1 N–H and O–H groups in total. The van der Waals surface area contributed by atoms with Gasteiger partial charge < -0.3 is 5.32 Å². The van der Waals surface area contributed by atoms with Crippen molar-refractivity contribution in [3.63, 3.8) is 0 Å². The highest BCUT2D eigenvalue weighted by Crippen LogP contribution is 2.25. The van der Waals surface area contributed by atoms with E-state index in [1.165, 1.54) is 6.07 Å². The van der Waals surface area contributed by atoms with Crippen LogP contribution in [0.1, 0.15) is 16.7 Å². The number of aryl methyl sites for hydroxylation is 2. The Labute approximate surface area is 123 Å². The first kappa shape index (κ1) is 13.6. The largest absolute Gasteiger partial charge is 0.380 e. The maximum Gasteiger partial charge on any atom is 0.126 e. The molecule has 0 bridgehead atoms. The summed E-state index contributed by atoms with van der Waals surface area (Å²) in [5.74, 6) is -0.163. The van der Waals surface area contributed by atoms with Gasteiger partial charge in [0.1, 0.15) is 5.82 Å². The minimum atomic E-state index is -0.163. The highest BCUT2D eigenvalue weighted by Gasteiger charge is 2.05. The van der Waals surface area contributed by atoms with Crippen LogP contribution in [0, 0.1) is 19.7 Å². The third-order valence-corrected chi connectivity index (χ3v) is 3.68. The molecule has 0 amide bonds. The highest BCUT2D eigenvalue weighted by molar-refractivity contribution is 5.93. The summed E-state index contributed by atoms with van der Waals surface area (Å²) >= 11 is 0. The predicted molar refractivity (Wildman–Crippen MR) is 84.9 cm³/mol. The molecule has 0 unspecified atom stereocenters. The van der Waals surface area contributed by atoms with Gasteiger partial charge in [0.15, 0.2) is 0 Å². The summed E-state index contributed by atoms with van der Waals surface area (Å²) in [4.78, 5) is 4.43. The average molecular weight is 280 g/mol. The van der Waals surface area contributed by atoms with Crippen molar-refractivity contribution in [3.8, 4) is 0 Å². The molecule has 1 heterocycles. The van der Waals surface area contributed by atoms with Gasteiger partial charge in [-0.3, -0.25) is 4.98 Å². The second-order valence-corrected chi connectivity index (χ2v) is 5.27. The fourth-order valence-corrected chi connectivity index (χ4v) is 2.48. The lowest BCUT2D eigenvalue weighted by Gasteiger charge is -2.11. The number of nitrogens with one attached hydrogen (secondary N) is 1. The number of hydrogen-bond donors (Lipinski definition) is 1. The van der Waals surface area contributed by atoms with Crippen molar-refractivity contribution >= 4 is 16.6 Å². The van der Waals surface area contributed by atoms with Gasteiger partial charge in [-0.25, -0.2) is 4.39 Å². The number of halogens is 1. The van der Waals surface area contributed by atoms with Crippen LogP contribution in [0.2, 0.25) is 0 Å². The fourth-order valence-electron chi connectivity index (χ4n) is 2.48. The average Bonchev–Trinajstić information content (AvgIpc) is 2.50. The van der Waals surface area contributed by atoms with Crippen molar-refractivity contribution in [1.29, 1.82) is 0 Å². The molecule has 0 fully saturated rings. The van der Waals surface area contributed by atoms with Crippen LogP contribution >= 0.6 is 0 Å². The predicted octanol–water partition coefficient (Wildman–Crippen LogP) is 4.60. The first-order valence-corrected chi connectivity index (χ1v) is 6.98. The van der Waals surface area contributed by atoms with E-state index in [1.54, 1.807) is 6.92 Å². The van der Waals surface area contributed by atoms with Crippen LogP contribution in [-0.4, -0.2) is 4.98 Å². The zero-order chi connectivity index (χ0) is 14.8. The summed E-state index contributed by atoms with van der Waals surface area (Å²) in [6.45, 7) is 4.50. The van der Waals surface area contributed by atoms with Crippen LogP contribution < -0.4 is 5.32 Å². The van der Waals surface area contributed by atoms with E-state index in [0.29, 0.717) is 12.1 Å². The summed E-state index contributed by atoms with van der Waals surface area (Å²) in [6.07, 6.45) is 1.81. The molecule has 106 valence electrons. The number of hydrogen-bond acceptors (Lipinski definition) is 2. The van der Waals surface area contributed by atoms with Crippen molar-refractivity contribution in [2.45, 2.75) is 20.4 Å². The molecule has 3 heteroatoms. The van der Waals surface area contributed by atoms with Gasteiger partial charge in [-0.1, -0.05) is 18.2 Å². The quantitative estimate of drug-likeness (QED) is 0.758. The van der Waals surface area contributed by atoms with Crippen LogP contribution in [0.4, 0.5) is 10.1 Å². The maximum atomic E-state index is 13.3. The molecule has 2 aromatic carbocycles. The van der Waals surface area contributed by atoms with Crippen LogP contribution in [0.5, 0.6) is 0 Å². The Morgan fingerprint density at radius 1 is 1.05 bits per heavy atom. The number of fused-ring (bicyclic) bond motifs is 1. The zero-order valence-electron chi connectivity index (χ0n) is 12.2. The number of nitrogens with zero attached hydrogens (tertiary/aromatic N) is 1. The number of anilines is 1. The topological polar surface area (TPSA) is 24.9 Å². The minimum absolute atomic E-state index is 0.163. The van der Waals surface area contributed by atoms with Crippen molar-refractivity contribution in [2.24, 2.45) is 0 Å². The lowest BCUT2D eigenvalue weighted by atomic mass is 10.1. The second kappa shape index (κ2) is 5.52. The standard InChI is InChI=1S/C18H17FN2/c1-12-5-8-17(15-4-3-9-20-18(12)15)21-11-14-6-7-16(19)13(2)10-14/h3-10,21H,11H2,1-2H3. The molecule has 21 heavy (non-hydrogen) atoms. The molecule has 0 aliphatic carbocycles. The monoisotopic (exact) mass is 280 g/mol. The zero-order valence-corrected chi connectivity index (χ0v) is 12.2. The molecular formula is C18H17FN2. The Morgan fingerprint density at radius 2 is 1.90 bits per heavy atom. The van der Waals surface area contributed by atoms with E-state index in [1.807, 2.05) is 24.4 Å². The lowest BCUT2D eigenvalue weighted by Crippen LogP contribution is -2.01. The molecule has 0 atom stereocenters. The number of benzene rings is 2. The first-order chi connectivity index (χ1) is 10.1. The molecule has 0 saturated heterocycles. The normalized spacial score (nSPS) is 10.8. The molecule has 1 aromatic heterocycles. The molecule has 2 nitrogen and oxygen atoms in total. The van der Waals surface area contributed by atoms with Crippen LogP contribution in [0.15, 0.2) is 48.7 Å². The molecule has 3 aromatic rings. The summed E-state index contributed by atoms with van der Waals surface area (Å²) in [5, 5.41) is 4.52. The molecule has 0 spiro atoms. The van der Waals surface area contributed by atoms with Gasteiger partial charge in [0, 0.05) is 23.8 Å². The Kier molecular flexibility index (Phi) is 3.57. The molecule has 0 aliphatic heterocycles. The minimum Gasteiger partial charge on any atom is -0.380 e. The smallest absolute Gasteiger partial charge is 0.126 e. The molecule has 0 saturated carbocycles. The van der Waals surface area contributed by atoms with Gasteiger partial charge >= 0.3 is 0 Å². The van der Waals surface area contributed by atoms with Crippen molar-refractivity contribution < 1.29 is 4.39 Å². The number of rotatable bonds is 3. The Balaban J connectivity index is 1.88. The van der Waals surface area contributed by atoms with Crippen molar-refractivity contribution in [3.05, 3.63) is 71.2 Å². The van der Waals surface area contributed by atoms with E-state index in [9.17, 15) is 4.39 Å². The third kappa shape index (κ3) is 2.72. The molecular weight excluding hydrogens is 263 g/mol. The Bertz CT molecular complexity index is 796. The summed E-state index contributed by atoms with van der Waals surface area (Å²) < 4.78 is 13.3. The highest BCUT2D eigenvalue weighted by atomic mass is 19.1. The first-order valence-electron chi connectivity index (χ1n) is 6.98. The van der Waals surface area contributed by atoms with Gasteiger partial charge in [-0.05, 0) is 54.8 Å². The lowest BCUT2D eigenvalue weighted by molar-refractivity contribution is 0.617. The van der Waals surface area contributed by atoms with Gasteiger partial charge in [0.2, 0.25) is 0 Å². The SMILES string of the molecule is Cc1cc(CNc2ccc(C)c3ncccc23)ccc1F. The summed E-state index contributed by atoms with van der Waals surface area (Å²) in [6, 6.07) is 13.3. The van der Waals surface area contributed by atoms with E-state index in [0.717, 1.165) is 27.7 Å². The van der Waals surface area contributed by atoms with E-state index < -0.39 is 0 Å². The molecule has 3 rings (SSSR count). The van der Waals surface area contributed by atoms with Gasteiger partial charge in [0.25, 0.3) is 0 Å². The maximum absolute atomic E-state index is 13.3. The Morgan fingerprint density at radius 3 is 2.71 bits per heavy atom. The van der Waals surface area contributed by atoms with Gasteiger partial charge in [-0.15, -0.1) is 0 Å². The molecule has 0 radical (unpaired) electrons. The summed E-state index contributed by atoms with van der Waals surface area (Å²) in [7, 11) is 0. The van der Waals surface area contributed by atoms with Crippen LogP contribution in [0.25, 0.3) is 10.9 Å². The number of pyridine rings is 1. The van der Waals surface area contributed by atoms with Crippen LogP contribution in [-0.2, 0) is 6.54 Å². The third-order valence-electron chi connectivity index (χ3n) is 3.68. The Hall–Kier alpha value is -2.42. The van der Waals surface area contributed by atoms with E-state index in [2.05, 4.69) is 35.4 Å².